The molecule has 1 aliphatic rings. The summed E-state index contributed by atoms with van der Waals surface area (Å²) in [5.41, 5.74) is 1.31. The van der Waals surface area contributed by atoms with Crippen molar-refractivity contribution in [1.29, 1.82) is 0 Å². The molecule has 1 atom stereocenters. The second-order valence-corrected chi connectivity index (χ2v) is 5.73. The second kappa shape index (κ2) is 4.88. The van der Waals surface area contributed by atoms with E-state index in [0.29, 0.717) is 12.1 Å². The fraction of sp³-hybridized carbons (Fsp3) is 0.750. The lowest BCUT2D eigenvalue weighted by atomic mass is 9.78. The zero-order valence-corrected chi connectivity index (χ0v) is 11.8. The summed E-state index contributed by atoms with van der Waals surface area (Å²) in [6.45, 7) is 4.35. The summed E-state index contributed by atoms with van der Waals surface area (Å²) in [7, 11) is 2.05. The van der Waals surface area contributed by atoms with Crippen LogP contribution in [-0.2, 0) is 0 Å². The SMILES string of the molecule is CNC(c1c(Br)cnn1C(C)C)C1CCC1. The molecule has 1 aromatic rings. The van der Waals surface area contributed by atoms with Crippen LogP contribution in [0.1, 0.15) is 50.9 Å². The summed E-state index contributed by atoms with van der Waals surface area (Å²) in [4.78, 5) is 0. The van der Waals surface area contributed by atoms with Gasteiger partial charge in [-0.3, -0.25) is 4.68 Å². The number of hydrogen-bond donors (Lipinski definition) is 1. The fourth-order valence-electron chi connectivity index (χ4n) is 2.42. The molecule has 1 N–H and O–H groups in total. The van der Waals surface area contributed by atoms with Crippen molar-refractivity contribution >= 4 is 15.9 Å². The number of halogens is 1. The maximum Gasteiger partial charge on any atom is 0.0701 e. The van der Waals surface area contributed by atoms with Crippen molar-refractivity contribution in [2.75, 3.05) is 7.05 Å². The third-order valence-electron chi connectivity index (χ3n) is 3.50. The molecule has 16 heavy (non-hydrogen) atoms. The molecule has 1 aromatic heterocycles. The number of aromatic nitrogens is 2. The smallest absolute Gasteiger partial charge is 0.0701 e. The van der Waals surface area contributed by atoms with Crippen LogP contribution in [0.25, 0.3) is 0 Å². The fourth-order valence-corrected chi connectivity index (χ4v) is 2.94. The van der Waals surface area contributed by atoms with Crippen molar-refractivity contribution in [2.45, 2.75) is 45.2 Å². The highest BCUT2D eigenvalue weighted by atomic mass is 79.9. The van der Waals surface area contributed by atoms with E-state index < -0.39 is 0 Å². The molecule has 1 saturated carbocycles. The van der Waals surface area contributed by atoms with E-state index in [1.165, 1.54) is 25.0 Å². The van der Waals surface area contributed by atoms with Crippen LogP contribution >= 0.6 is 15.9 Å². The summed E-state index contributed by atoms with van der Waals surface area (Å²) < 4.78 is 3.26. The van der Waals surface area contributed by atoms with E-state index in [0.717, 1.165) is 10.4 Å². The van der Waals surface area contributed by atoms with E-state index in [9.17, 15) is 0 Å². The first-order chi connectivity index (χ1) is 7.65. The van der Waals surface area contributed by atoms with E-state index in [1.54, 1.807) is 0 Å². The largest absolute Gasteiger partial charge is 0.311 e. The lowest BCUT2D eigenvalue weighted by Crippen LogP contribution is -2.32. The van der Waals surface area contributed by atoms with Crippen molar-refractivity contribution in [3.05, 3.63) is 16.4 Å². The van der Waals surface area contributed by atoms with E-state index >= 15 is 0 Å². The van der Waals surface area contributed by atoms with Gasteiger partial charge in [0.2, 0.25) is 0 Å². The molecule has 0 saturated heterocycles. The third-order valence-corrected chi connectivity index (χ3v) is 4.11. The highest BCUT2D eigenvalue weighted by molar-refractivity contribution is 9.10. The molecule has 1 heterocycles. The summed E-state index contributed by atoms with van der Waals surface area (Å²) in [6.07, 6.45) is 5.96. The first-order valence-corrected chi connectivity index (χ1v) is 6.84. The van der Waals surface area contributed by atoms with Crippen LogP contribution < -0.4 is 5.32 Å². The Balaban J connectivity index is 2.31. The first-order valence-electron chi connectivity index (χ1n) is 6.05. The Labute approximate surface area is 106 Å². The number of nitrogens with one attached hydrogen (secondary N) is 1. The Morgan fingerprint density at radius 2 is 2.19 bits per heavy atom. The predicted octanol–water partition coefficient (Wildman–Crippen LogP) is 3.29. The number of rotatable bonds is 4. The van der Waals surface area contributed by atoms with E-state index in [4.69, 9.17) is 0 Å². The zero-order valence-electron chi connectivity index (χ0n) is 10.2. The van der Waals surface area contributed by atoms with Gasteiger partial charge in [0.15, 0.2) is 0 Å². The molecule has 0 radical (unpaired) electrons. The molecule has 0 aromatic carbocycles. The van der Waals surface area contributed by atoms with Gasteiger partial charge >= 0.3 is 0 Å². The van der Waals surface area contributed by atoms with Gasteiger partial charge in [-0.2, -0.15) is 5.10 Å². The van der Waals surface area contributed by atoms with Gasteiger partial charge in [-0.25, -0.2) is 0 Å². The lowest BCUT2D eigenvalue weighted by molar-refractivity contribution is 0.227. The maximum atomic E-state index is 4.45. The topological polar surface area (TPSA) is 29.9 Å². The first kappa shape index (κ1) is 12.1. The maximum absolute atomic E-state index is 4.45. The number of hydrogen-bond acceptors (Lipinski definition) is 2. The van der Waals surface area contributed by atoms with Gasteiger partial charge in [0.1, 0.15) is 0 Å². The summed E-state index contributed by atoms with van der Waals surface area (Å²) in [5.74, 6) is 0.774. The van der Waals surface area contributed by atoms with Crippen LogP contribution in [-0.4, -0.2) is 16.8 Å². The minimum atomic E-state index is 0.414. The quantitative estimate of drug-likeness (QED) is 0.920. The third kappa shape index (κ3) is 2.05. The minimum Gasteiger partial charge on any atom is -0.311 e. The average molecular weight is 286 g/mol. The Kier molecular flexibility index (Phi) is 3.70. The number of nitrogens with zero attached hydrogens (tertiary/aromatic N) is 2. The molecule has 0 spiro atoms. The van der Waals surface area contributed by atoms with Crippen LogP contribution in [0.4, 0.5) is 0 Å². The second-order valence-electron chi connectivity index (χ2n) is 4.87. The standard InChI is InChI=1S/C12H20BrN3/c1-8(2)16-12(10(13)7-15-16)11(14-3)9-5-4-6-9/h7-9,11,14H,4-6H2,1-3H3. The van der Waals surface area contributed by atoms with Crippen molar-refractivity contribution in [3.8, 4) is 0 Å². The highest BCUT2D eigenvalue weighted by Crippen LogP contribution is 2.40. The Hall–Kier alpha value is -0.350. The Bertz CT molecular complexity index is 355. The molecule has 1 fully saturated rings. The lowest BCUT2D eigenvalue weighted by Gasteiger charge is -2.34. The van der Waals surface area contributed by atoms with Gasteiger partial charge in [-0.15, -0.1) is 0 Å². The molecule has 3 nitrogen and oxygen atoms in total. The minimum absolute atomic E-state index is 0.414. The van der Waals surface area contributed by atoms with Gasteiger partial charge in [0.25, 0.3) is 0 Å². The monoisotopic (exact) mass is 285 g/mol. The molecule has 0 amide bonds. The molecule has 1 aliphatic carbocycles. The van der Waals surface area contributed by atoms with E-state index in [-0.39, 0.29) is 0 Å². The van der Waals surface area contributed by atoms with Crippen LogP contribution in [0, 0.1) is 5.92 Å². The van der Waals surface area contributed by atoms with Crippen LogP contribution in [0.5, 0.6) is 0 Å². The van der Waals surface area contributed by atoms with Gasteiger partial charge in [0, 0.05) is 6.04 Å². The summed E-state index contributed by atoms with van der Waals surface area (Å²) >= 11 is 3.63. The van der Waals surface area contributed by atoms with Gasteiger partial charge in [-0.05, 0) is 55.6 Å². The molecule has 4 heteroatoms. The van der Waals surface area contributed by atoms with Crippen LogP contribution in [0.15, 0.2) is 10.7 Å². The normalized spacial score (nSPS) is 18.8. The van der Waals surface area contributed by atoms with Crippen molar-refractivity contribution in [2.24, 2.45) is 5.92 Å². The van der Waals surface area contributed by atoms with Crippen molar-refractivity contribution in [1.82, 2.24) is 15.1 Å². The van der Waals surface area contributed by atoms with Crippen molar-refractivity contribution in [3.63, 3.8) is 0 Å². The van der Waals surface area contributed by atoms with E-state index in [2.05, 4.69) is 44.9 Å². The molecular formula is C12H20BrN3. The van der Waals surface area contributed by atoms with Crippen LogP contribution in [0.2, 0.25) is 0 Å². The van der Waals surface area contributed by atoms with Gasteiger partial charge < -0.3 is 5.32 Å². The van der Waals surface area contributed by atoms with Crippen LogP contribution in [0.3, 0.4) is 0 Å². The molecule has 90 valence electrons. The molecule has 0 aliphatic heterocycles. The zero-order chi connectivity index (χ0) is 11.7. The molecular weight excluding hydrogens is 266 g/mol. The Morgan fingerprint density at radius 1 is 1.50 bits per heavy atom. The molecule has 1 unspecified atom stereocenters. The average Bonchev–Trinajstić information content (AvgIpc) is 2.53. The van der Waals surface area contributed by atoms with E-state index in [1.807, 2.05) is 13.2 Å². The molecule has 0 bridgehead atoms. The van der Waals surface area contributed by atoms with Gasteiger partial charge in [-0.1, -0.05) is 6.42 Å². The molecule has 2 rings (SSSR count). The van der Waals surface area contributed by atoms with Crippen molar-refractivity contribution < 1.29 is 0 Å². The Morgan fingerprint density at radius 3 is 2.62 bits per heavy atom. The summed E-state index contributed by atoms with van der Waals surface area (Å²) in [5, 5.41) is 7.91. The van der Waals surface area contributed by atoms with Gasteiger partial charge in [0.05, 0.1) is 22.4 Å². The summed E-state index contributed by atoms with van der Waals surface area (Å²) in [6, 6.07) is 0.852. The predicted molar refractivity (Wildman–Crippen MR) is 69.5 cm³/mol. The highest BCUT2D eigenvalue weighted by Gasteiger charge is 2.31.